The number of alkyl halides is 5. The molecule has 0 fully saturated rings. The van der Waals surface area contributed by atoms with Gasteiger partial charge in [-0.3, -0.25) is 14.9 Å². The molecule has 0 bridgehead atoms. The standard InChI is InChI=1S/C6H6F5NO4/c7-4(8)3(13)1-5(14,2-12(15)16)6(9,10)11/h4,14H,1-2H2. The molecule has 0 saturated heterocycles. The zero-order chi connectivity index (χ0) is 13.1. The number of hydrogen-bond acceptors (Lipinski definition) is 4. The predicted octanol–water partition coefficient (Wildman–Crippen LogP) is 0.781. The molecule has 10 heteroatoms. The first-order chi connectivity index (χ1) is 6.99. The van der Waals surface area contributed by atoms with Crippen molar-refractivity contribution in [1.29, 1.82) is 0 Å². The van der Waals surface area contributed by atoms with E-state index in [2.05, 4.69) is 0 Å². The van der Waals surface area contributed by atoms with Gasteiger partial charge >= 0.3 is 6.18 Å². The Labute approximate surface area is 85.0 Å². The minimum absolute atomic E-state index is 1.54. The van der Waals surface area contributed by atoms with Gasteiger partial charge in [-0.2, -0.15) is 13.2 Å². The maximum Gasteiger partial charge on any atom is 0.424 e. The molecule has 0 rings (SSSR count). The quantitative estimate of drug-likeness (QED) is 0.444. The molecule has 1 unspecified atom stereocenters. The van der Waals surface area contributed by atoms with E-state index in [1.807, 2.05) is 0 Å². The highest BCUT2D eigenvalue weighted by Crippen LogP contribution is 2.34. The van der Waals surface area contributed by atoms with Gasteiger partial charge < -0.3 is 5.11 Å². The number of aliphatic hydroxyl groups is 1. The number of hydrogen-bond donors (Lipinski definition) is 1. The molecule has 0 heterocycles. The average molecular weight is 251 g/mol. The largest absolute Gasteiger partial charge is 0.424 e. The predicted molar refractivity (Wildman–Crippen MR) is 38.5 cm³/mol. The molecular weight excluding hydrogens is 245 g/mol. The summed E-state index contributed by atoms with van der Waals surface area (Å²) in [5, 5.41) is 18.7. The van der Waals surface area contributed by atoms with Gasteiger partial charge in [0.05, 0.1) is 6.42 Å². The summed E-state index contributed by atoms with van der Waals surface area (Å²) in [5.41, 5.74) is -4.07. The molecule has 0 aromatic heterocycles. The fourth-order valence-electron chi connectivity index (χ4n) is 0.825. The van der Waals surface area contributed by atoms with E-state index in [9.17, 15) is 36.9 Å². The normalized spacial score (nSPS) is 15.9. The van der Waals surface area contributed by atoms with Gasteiger partial charge in [0, 0.05) is 4.92 Å². The highest BCUT2D eigenvalue weighted by Gasteiger charge is 2.59. The lowest BCUT2D eigenvalue weighted by Gasteiger charge is -2.25. The molecule has 0 aromatic carbocycles. The Kier molecular flexibility index (Phi) is 4.29. The zero-order valence-electron chi connectivity index (χ0n) is 7.50. The average Bonchev–Trinajstić information content (AvgIpc) is 1.99. The number of nitro groups is 1. The first-order valence-corrected chi connectivity index (χ1v) is 3.71. The van der Waals surface area contributed by atoms with Gasteiger partial charge in [0.15, 0.2) is 0 Å². The highest BCUT2D eigenvalue weighted by molar-refractivity contribution is 5.82. The van der Waals surface area contributed by atoms with E-state index in [1.54, 1.807) is 0 Å². The number of nitrogens with zero attached hydrogens (tertiary/aromatic N) is 1. The lowest BCUT2D eigenvalue weighted by molar-refractivity contribution is -0.515. The summed E-state index contributed by atoms with van der Waals surface area (Å²) >= 11 is 0. The van der Waals surface area contributed by atoms with E-state index < -0.39 is 41.9 Å². The van der Waals surface area contributed by atoms with E-state index >= 15 is 0 Å². The number of halogens is 5. The zero-order valence-corrected chi connectivity index (χ0v) is 7.50. The van der Waals surface area contributed by atoms with Gasteiger partial charge in [0.25, 0.3) is 6.43 Å². The fourth-order valence-corrected chi connectivity index (χ4v) is 0.825. The summed E-state index contributed by atoms with van der Waals surface area (Å²) < 4.78 is 59.8. The van der Waals surface area contributed by atoms with E-state index in [-0.39, 0.29) is 0 Å². The van der Waals surface area contributed by atoms with Crippen LogP contribution in [0.4, 0.5) is 22.0 Å². The van der Waals surface area contributed by atoms with Crippen molar-refractivity contribution in [3.63, 3.8) is 0 Å². The Hall–Kier alpha value is -1.32. The number of rotatable bonds is 5. The Balaban J connectivity index is 4.95. The van der Waals surface area contributed by atoms with Crippen LogP contribution < -0.4 is 0 Å². The van der Waals surface area contributed by atoms with Crippen LogP contribution in [0.15, 0.2) is 0 Å². The van der Waals surface area contributed by atoms with Crippen molar-refractivity contribution in [2.24, 2.45) is 0 Å². The van der Waals surface area contributed by atoms with Gasteiger partial charge in [-0.1, -0.05) is 0 Å². The molecule has 1 N–H and O–H groups in total. The lowest BCUT2D eigenvalue weighted by Crippen LogP contribution is -2.52. The maximum absolute atomic E-state index is 12.1. The van der Waals surface area contributed by atoms with Crippen LogP contribution in [0, 0.1) is 10.1 Å². The summed E-state index contributed by atoms with van der Waals surface area (Å²) in [6.07, 6.45) is -11.3. The van der Waals surface area contributed by atoms with Crippen LogP contribution in [0.1, 0.15) is 6.42 Å². The van der Waals surface area contributed by atoms with Crippen molar-refractivity contribution >= 4 is 5.78 Å². The molecule has 0 radical (unpaired) electrons. The molecule has 0 amide bonds. The van der Waals surface area contributed by atoms with Crippen LogP contribution in [0.25, 0.3) is 0 Å². The van der Waals surface area contributed by atoms with Crippen molar-refractivity contribution in [3.8, 4) is 0 Å². The maximum atomic E-state index is 12.1. The van der Waals surface area contributed by atoms with Gasteiger partial charge in [-0.05, 0) is 0 Å². The molecule has 5 nitrogen and oxygen atoms in total. The van der Waals surface area contributed by atoms with Crippen LogP contribution in [0.3, 0.4) is 0 Å². The van der Waals surface area contributed by atoms with Crippen molar-refractivity contribution < 1.29 is 36.8 Å². The first kappa shape index (κ1) is 14.7. The molecule has 0 aliphatic carbocycles. The fraction of sp³-hybridized carbons (Fsp3) is 0.833. The Morgan fingerprint density at radius 3 is 2.06 bits per heavy atom. The van der Waals surface area contributed by atoms with Crippen LogP contribution in [0.2, 0.25) is 0 Å². The molecular formula is C6H6F5NO4. The minimum Gasteiger partial charge on any atom is -0.375 e. The monoisotopic (exact) mass is 251 g/mol. The second kappa shape index (κ2) is 4.68. The van der Waals surface area contributed by atoms with Crippen LogP contribution >= 0.6 is 0 Å². The summed E-state index contributed by atoms with van der Waals surface area (Å²) in [5.74, 6) is -2.21. The third-order valence-corrected chi connectivity index (χ3v) is 1.63. The molecule has 0 spiro atoms. The molecule has 0 aliphatic rings. The Bertz CT molecular complexity index is 291. The van der Waals surface area contributed by atoms with Crippen molar-refractivity contribution in [2.45, 2.75) is 24.6 Å². The number of Topliss-reactive ketones (excluding diaryl/α,β-unsaturated/α-hetero) is 1. The third-order valence-electron chi connectivity index (χ3n) is 1.63. The highest BCUT2D eigenvalue weighted by atomic mass is 19.4. The van der Waals surface area contributed by atoms with Crippen LogP contribution in [-0.2, 0) is 4.79 Å². The van der Waals surface area contributed by atoms with E-state index in [0.29, 0.717) is 0 Å². The summed E-state index contributed by atoms with van der Waals surface area (Å²) in [6.45, 7) is -2.06. The van der Waals surface area contributed by atoms with Gasteiger partial charge in [0.2, 0.25) is 17.9 Å². The van der Waals surface area contributed by atoms with Crippen LogP contribution in [0.5, 0.6) is 0 Å². The topological polar surface area (TPSA) is 80.4 Å². The van der Waals surface area contributed by atoms with E-state index in [1.165, 1.54) is 0 Å². The second-order valence-corrected chi connectivity index (χ2v) is 2.96. The molecule has 1 atom stereocenters. The second-order valence-electron chi connectivity index (χ2n) is 2.96. The smallest absolute Gasteiger partial charge is 0.375 e. The molecule has 0 saturated carbocycles. The number of carbonyl (C=O) groups excluding carboxylic acids is 1. The van der Waals surface area contributed by atoms with E-state index in [0.717, 1.165) is 0 Å². The van der Waals surface area contributed by atoms with Crippen molar-refractivity contribution in [1.82, 2.24) is 0 Å². The Morgan fingerprint density at radius 1 is 1.38 bits per heavy atom. The Morgan fingerprint density at radius 2 is 1.81 bits per heavy atom. The van der Waals surface area contributed by atoms with Gasteiger partial charge in [-0.25, -0.2) is 8.78 Å². The summed E-state index contributed by atoms with van der Waals surface area (Å²) in [7, 11) is 0. The molecule has 0 aromatic rings. The molecule has 0 aliphatic heterocycles. The third kappa shape index (κ3) is 3.68. The molecule has 94 valence electrons. The van der Waals surface area contributed by atoms with Crippen LogP contribution in [-0.4, -0.2) is 40.6 Å². The molecule has 16 heavy (non-hydrogen) atoms. The number of ketones is 1. The lowest BCUT2D eigenvalue weighted by atomic mass is 9.96. The van der Waals surface area contributed by atoms with Crippen molar-refractivity contribution in [3.05, 3.63) is 10.1 Å². The first-order valence-electron chi connectivity index (χ1n) is 3.71. The summed E-state index contributed by atoms with van der Waals surface area (Å²) in [6, 6.07) is 0. The van der Waals surface area contributed by atoms with E-state index in [4.69, 9.17) is 5.11 Å². The van der Waals surface area contributed by atoms with Gasteiger partial charge in [-0.15, -0.1) is 0 Å². The van der Waals surface area contributed by atoms with Crippen molar-refractivity contribution in [2.75, 3.05) is 6.54 Å². The summed E-state index contributed by atoms with van der Waals surface area (Å²) in [4.78, 5) is 18.7. The van der Waals surface area contributed by atoms with Gasteiger partial charge in [0.1, 0.15) is 0 Å². The minimum atomic E-state index is -5.54. The number of carbonyl (C=O) groups is 1. The SMILES string of the molecule is O=C(CC(O)(C[N+](=O)[O-])C(F)(F)F)C(F)F.